The second-order valence-electron chi connectivity index (χ2n) is 10.1. The highest BCUT2D eigenvalue weighted by atomic mass is 32.2. The number of halogens is 2. The highest BCUT2D eigenvalue weighted by molar-refractivity contribution is 7.91. The molecular formula is C26H30F2N2O5S. The van der Waals surface area contributed by atoms with Crippen molar-refractivity contribution in [1.82, 2.24) is 9.13 Å². The molecule has 0 amide bonds. The van der Waals surface area contributed by atoms with Gasteiger partial charge in [0.15, 0.2) is 5.78 Å². The minimum Gasteiger partial charge on any atom is -0.461 e. The fourth-order valence-corrected chi connectivity index (χ4v) is 6.59. The molecule has 4 rings (SSSR count). The predicted octanol–water partition coefficient (Wildman–Crippen LogP) is 4.99. The summed E-state index contributed by atoms with van der Waals surface area (Å²) < 4.78 is 60.3. The fourth-order valence-electron chi connectivity index (χ4n) is 4.78. The number of benzene rings is 2. The van der Waals surface area contributed by atoms with E-state index in [0.29, 0.717) is 18.5 Å². The van der Waals surface area contributed by atoms with Gasteiger partial charge in [-0.1, -0.05) is 13.0 Å². The molecule has 194 valence electrons. The van der Waals surface area contributed by atoms with Crippen molar-refractivity contribution in [3.8, 4) is 11.4 Å². The Morgan fingerprint density at radius 2 is 1.81 bits per heavy atom. The Morgan fingerprint density at radius 1 is 1.14 bits per heavy atom. The lowest BCUT2D eigenvalue weighted by Crippen LogP contribution is -2.33. The van der Waals surface area contributed by atoms with Crippen molar-refractivity contribution in [2.24, 2.45) is 5.41 Å². The number of Topliss-reactive ketones (excluding diaryl/α,β-unsaturated/α-hetero) is 1. The average Bonchev–Trinajstić information content (AvgIpc) is 3.08. The first-order valence-corrected chi connectivity index (χ1v) is 13.7. The summed E-state index contributed by atoms with van der Waals surface area (Å²) in [5.41, 5.74) is -0.296. The zero-order valence-electron chi connectivity index (χ0n) is 20.8. The second kappa shape index (κ2) is 9.46. The maximum absolute atomic E-state index is 15.6. The van der Waals surface area contributed by atoms with E-state index in [0.717, 1.165) is 6.07 Å². The van der Waals surface area contributed by atoms with Gasteiger partial charge in [-0.25, -0.2) is 22.0 Å². The molecule has 2 aromatic carbocycles. The van der Waals surface area contributed by atoms with Gasteiger partial charge in [0.25, 0.3) is 0 Å². The van der Waals surface area contributed by atoms with Crippen molar-refractivity contribution in [1.29, 1.82) is 0 Å². The number of imidazole rings is 1. The Morgan fingerprint density at radius 3 is 2.42 bits per heavy atom. The van der Waals surface area contributed by atoms with Crippen LogP contribution in [0, 0.1) is 11.2 Å². The zero-order chi connectivity index (χ0) is 26.4. The number of rotatable bonds is 7. The number of hydrogen-bond acceptors (Lipinski definition) is 5. The van der Waals surface area contributed by atoms with E-state index in [-0.39, 0.29) is 52.1 Å². The van der Waals surface area contributed by atoms with Crippen molar-refractivity contribution < 1.29 is 26.7 Å². The third kappa shape index (κ3) is 5.09. The minimum atomic E-state index is -3.09. The minimum absolute atomic E-state index is 0.00525. The van der Waals surface area contributed by atoms with Crippen LogP contribution in [-0.4, -0.2) is 41.2 Å². The van der Waals surface area contributed by atoms with E-state index in [2.05, 4.69) is 0 Å². The number of hydrogen-bond donors (Lipinski definition) is 0. The number of ether oxygens (including phenoxy) is 1. The van der Waals surface area contributed by atoms with E-state index < -0.39 is 33.1 Å². The molecule has 1 atom stereocenters. The van der Waals surface area contributed by atoms with Gasteiger partial charge in [-0.15, -0.1) is 0 Å². The molecule has 1 unspecified atom stereocenters. The largest absolute Gasteiger partial charge is 0.461 e. The van der Waals surface area contributed by atoms with Crippen LogP contribution in [0.4, 0.5) is 8.78 Å². The van der Waals surface area contributed by atoms with Gasteiger partial charge in [-0.2, -0.15) is 0 Å². The lowest BCUT2D eigenvalue weighted by Gasteiger charge is -2.32. The van der Waals surface area contributed by atoms with Gasteiger partial charge in [-0.05, 0) is 56.4 Å². The number of carbonyl (C=O) groups is 1. The molecule has 0 N–H and O–H groups in total. The smallest absolute Gasteiger partial charge is 0.334 e. The van der Waals surface area contributed by atoms with Gasteiger partial charge in [0.2, 0.25) is 6.36 Å². The molecule has 0 spiro atoms. The molecule has 36 heavy (non-hydrogen) atoms. The maximum atomic E-state index is 15.6. The molecule has 1 aliphatic heterocycles. The number of sulfone groups is 1. The normalized spacial score (nSPS) is 17.9. The highest BCUT2D eigenvalue weighted by Gasteiger charge is 2.35. The lowest BCUT2D eigenvalue weighted by atomic mass is 9.78. The van der Waals surface area contributed by atoms with Crippen LogP contribution in [0.2, 0.25) is 0 Å². The summed E-state index contributed by atoms with van der Waals surface area (Å²) in [6.07, 6.45) is -0.741. The van der Waals surface area contributed by atoms with Crippen molar-refractivity contribution in [2.75, 3.05) is 11.5 Å². The topological polar surface area (TPSA) is 87.4 Å². The van der Waals surface area contributed by atoms with E-state index >= 15 is 4.39 Å². The molecule has 1 aromatic heterocycles. The van der Waals surface area contributed by atoms with Gasteiger partial charge >= 0.3 is 5.69 Å². The van der Waals surface area contributed by atoms with Crippen molar-refractivity contribution in [3.63, 3.8) is 0 Å². The number of alkyl halides is 1. The molecule has 1 saturated heterocycles. The summed E-state index contributed by atoms with van der Waals surface area (Å²) in [4.78, 5) is 26.6. The number of fused-ring (bicyclic) bond motifs is 1. The van der Waals surface area contributed by atoms with Crippen LogP contribution in [0.15, 0.2) is 41.2 Å². The molecule has 0 aliphatic carbocycles. The maximum Gasteiger partial charge on any atom is 0.334 e. The van der Waals surface area contributed by atoms with E-state index in [1.165, 1.54) is 34.3 Å². The lowest BCUT2D eigenvalue weighted by molar-refractivity contribution is 0.0860. The second-order valence-corrected chi connectivity index (χ2v) is 12.4. The zero-order valence-corrected chi connectivity index (χ0v) is 21.6. The molecule has 1 fully saturated rings. The number of carbonyl (C=O) groups excluding carboxylic acids is 1. The van der Waals surface area contributed by atoms with Gasteiger partial charge in [0.1, 0.15) is 26.9 Å². The first kappa shape index (κ1) is 26.1. The third-order valence-electron chi connectivity index (χ3n) is 6.76. The summed E-state index contributed by atoms with van der Waals surface area (Å²) in [7, 11) is -3.09. The Kier molecular flexibility index (Phi) is 6.85. The van der Waals surface area contributed by atoms with Gasteiger partial charge < -0.3 is 4.74 Å². The Bertz CT molecular complexity index is 1470. The van der Waals surface area contributed by atoms with E-state index in [4.69, 9.17) is 4.74 Å². The fraction of sp³-hybridized carbons (Fsp3) is 0.462. The Balaban J connectivity index is 1.79. The van der Waals surface area contributed by atoms with E-state index in [1.54, 1.807) is 26.0 Å². The predicted molar refractivity (Wildman–Crippen MR) is 134 cm³/mol. The molecule has 0 radical (unpaired) electrons. The van der Waals surface area contributed by atoms with Crippen LogP contribution in [0.25, 0.3) is 16.7 Å². The van der Waals surface area contributed by atoms with Crippen LogP contribution < -0.4 is 10.4 Å². The summed E-state index contributed by atoms with van der Waals surface area (Å²) >= 11 is 0. The Hall–Kier alpha value is -3.01. The summed E-state index contributed by atoms with van der Waals surface area (Å²) in [6, 6.07) is 8.48. The molecule has 0 bridgehead atoms. The molecule has 10 heteroatoms. The molecular weight excluding hydrogens is 490 g/mol. The van der Waals surface area contributed by atoms with Crippen molar-refractivity contribution >= 4 is 26.7 Å². The van der Waals surface area contributed by atoms with Crippen LogP contribution in [-0.2, 0) is 9.84 Å². The molecule has 2 heterocycles. The Labute approximate surface area is 208 Å². The van der Waals surface area contributed by atoms with Crippen LogP contribution in [0.5, 0.6) is 5.75 Å². The van der Waals surface area contributed by atoms with Crippen molar-refractivity contribution in [2.45, 2.75) is 59.4 Å². The average molecular weight is 521 g/mol. The van der Waals surface area contributed by atoms with Gasteiger partial charge in [0, 0.05) is 31.0 Å². The summed E-state index contributed by atoms with van der Waals surface area (Å²) in [5.74, 6) is -0.794. The quantitative estimate of drug-likeness (QED) is 0.410. The van der Waals surface area contributed by atoms with E-state index in [1.807, 2.05) is 6.92 Å². The van der Waals surface area contributed by atoms with E-state index in [9.17, 15) is 22.4 Å². The molecule has 3 aromatic rings. The monoisotopic (exact) mass is 520 g/mol. The molecule has 7 nitrogen and oxygen atoms in total. The summed E-state index contributed by atoms with van der Waals surface area (Å²) in [6.45, 7) is 6.67. The third-order valence-corrected chi connectivity index (χ3v) is 8.41. The van der Waals surface area contributed by atoms with Crippen LogP contribution in [0.1, 0.15) is 63.4 Å². The number of aromatic nitrogens is 2. The SMILES string of the molecule is CC(F)Oc1cccc(-n2c(=O)n(C(C)C)c3cc(C(=O)CC4(C)CCS(=O)(=O)CC4)cc(F)c32)c1. The summed E-state index contributed by atoms with van der Waals surface area (Å²) in [5, 5.41) is 0. The van der Waals surface area contributed by atoms with Crippen molar-refractivity contribution in [3.05, 3.63) is 58.3 Å². The highest BCUT2D eigenvalue weighted by Crippen LogP contribution is 2.37. The van der Waals surface area contributed by atoms with Gasteiger partial charge in [0.05, 0.1) is 22.7 Å². The molecule has 0 saturated carbocycles. The standard InChI is InChI=1S/C26H30F2N2O5S/c1-16(2)29-22-13-18(23(31)15-26(4)8-10-36(33,34)11-9-26)12-21(28)24(22)30(25(29)32)19-6-5-7-20(14-19)35-17(3)27/h5-7,12-14,16-17H,8-11,15H2,1-4H3. The number of ketones is 1. The van der Waals surface area contributed by atoms with Crippen LogP contribution >= 0.6 is 0 Å². The molecule has 1 aliphatic rings. The first-order valence-electron chi connectivity index (χ1n) is 11.9. The van der Waals surface area contributed by atoms with Crippen LogP contribution in [0.3, 0.4) is 0 Å². The number of nitrogens with zero attached hydrogens (tertiary/aromatic N) is 2. The van der Waals surface area contributed by atoms with Gasteiger partial charge in [-0.3, -0.25) is 13.9 Å². The first-order chi connectivity index (χ1) is 16.8.